The number of nitrogens with two attached hydrogens (primary N) is 1. The van der Waals surface area contributed by atoms with Crippen molar-refractivity contribution in [3.8, 4) is 0 Å². The van der Waals surface area contributed by atoms with Gasteiger partial charge in [-0.25, -0.2) is 0 Å². The summed E-state index contributed by atoms with van der Waals surface area (Å²) in [6.07, 6.45) is 3.74. The largest absolute Gasteiger partial charge is 0.330 e. The summed E-state index contributed by atoms with van der Waals surface area (Å²) in [5, 5.41) is 3.53. The van der Waals surface area contributed by atoms with Crippen molar-refractivity contribution in [1.82, 2.24) is 5.32 Å². The summed E-state index contributed by atoms with van der Waals surface area (Å²) in [4.78, 5) is 0. The van der Waals surface area contributed by atoms with Gasteiger partial charge in [0.15, 0.2) is 0 Å². The maximum atomic E-state index is 5.63. The van der Waals surface area contributed by atoms with Crippen molar-refractivity contribution in [2.45, 2.75) is 59.4 Å². The van der Waals surface area contributed by atoms with E-state index in [2.05, 4.69) is 39.9 Å². The number of hydrogen-bond acceptors (Lipinski definition) is 2. The van der Waals surface area contributed by atoms with Crippen LogP contribution in [0.1, 0.15) is 53.9 Å². The highest BCUT2D eigenvalue weighted by Gasteiger charge is 2.13. The van der Waals surface area contributed by atoms with Gasteiger partial charge in [-0.3, -0.25) is 0 Å². The van der Waals surface area contributed by atoms with Crippen molar-refractivity contribution in [1.29, 1.82) is 0 Å². The molecule has 0 aliphatic rings. The Hall–Kier alpha value is -0.0800. The fraction of sp³-hybridized carbons (Fsp3) is 1.00. The number of rotatable bonds is 7. The van der Waals surface area contributed by atoms with Crippen LogP contribution in [-0.4, -0.2) is 18.6 Å². The lowest BCUT2D eigenvalue weighted by Gasteiger charge is -2.23. The zero-order chi connectivity index (χ0) is 11.9. The van der Waals surface area contributed by atoms with Gasteiger partial charge < -0.3 is 11.1 Å². The second kappa shape index (κ2) is 7.24. The van der Waals surface area contributed by atoms with Crippen molar-refractivity contribution >= 4 is 0 Å². The molecule has 0 saturated heterocycles. The summed E-state index contributed by atoms with van der Waals surface area (Å²) in [7, 11) is 0. The first kappa shape index (κ1) is 14.9. The summed E-state index contributed by atoms with van der Waals surface area (Å²) in [5.41, 5.74) is 5.88. The van der Waals surface area contributed by atoms with Gasteiger partial charge in [-0.2, -0.15) is 0 Å². The van der Waals surface area contributed by atoms with Crippen molar-refractivity contribution < 1.29 is 0 Å². The van der Waals surface area contributed by atoms with Crippen molar-refractivity contribution in [3.05, 3.63) is 0 Å². The van der Waals surface area contributed by atoms with Gasteiger partial charge in [-0.05, 0) is 65.0 Å². The Morgan fingerprint density at radius 1 is 1.13 bits per heavy atom. The zero-order valence-electron chi connectivity index (χ0n) is 11.3. The fourth-order valence-corrected chi connectivity index (χ4v) is 1.85. The zero-order valence-corrected chi connectivity index (χ0v) is 11.3. The molecule has 15 heavy (non-hydrogen) atoms. The molecule has 0 aliphatic carbocycles. The smallest absolute Gasteiger partial charge is 0.00965 e. The van der Waals surface area contributed by atoms with Gasteiger partial charge >= 0.3 is 0 Å². The van der Waals surface area contributed by atoms with E-state index in [9.17, 15) is 0 Å². The summed E-state index contributed by atoms with van der Waals surface area (Å²) < 4.78 is 0. The van der Waals surface area contributed by atoms with E-state index in [4.69, 9.17) is 5.73 Å². The van der Waals surface area contributed by atoms with Gasteiger partial charge in [-0.1, -0.05) is 13.8 Å². The molecule has 0 aromatic carbocycles. The lowest BCUT2D eigenvalue weighted by atomic mass is 9.88. The predicted molar refractivity (Wildman–Crippen MR) is 69.0 cm³/mol. The second-order valence-electron chi connectivity index (χ2n) is 5.90. The quantitative estimate of drug-likeness (QED) is 0.640. The van der Waals surface area contributed by atoms with Crippen LogP contribution >= 0.6 is 0 Å². The average Bonchev–Trinajstić information content (AvgIpc) is 2.08. The lowest BCUT2D eigenvalue weighted by molar-refractivity contribution is 0.321. The molecule has 0 spiro atoms. The molecule has 1 atom stereocenters. The van der Waals surface area contributed by atoms with Gasteiger partial charge in [0.05, 0.1) is 0 Å². The molecule has 92 valence electrons. The van der Waals surface area contributed by atoms with Crippen LogP contribution in [0.25, 0.3) is 0 Å². The van der Waals surface area contributed by atoms with E-state index in [1.807, 2.05) is 0 Å². The SMILES string of the molecule is CC(C)C(CCN)CCCNC(C)(C)C. The van der Waals surface area contributed by atoms with Crippen LogP contribution < -0.4 is 11.1 Å². The molecule has 0 amide bonds. The van der Waals surface area contributed by atoms with E-state index in [-0.39, 0.29) is 5.54 Å². The van der Waals surface area contributed by atoms with Crippen LogP contribution in [0, 0.1) is 11.8 Å². The van der Waals surface area contributed by atoms with Crippen LogP contribution in [0.15, 0.2) is 0 Å². The van der Waals surface area contributed by atoms with E-state index >= 15 is 0 Å². The topological polar surface area (TPSA) is 38.0 Å². The third-order valence-corrected chi connectivity index (χ3v) is 2.89. The van der Waals surface area contributed by atoms with E-state index in [0.717, 1.165) is 24.9 Å². The molecular weight excluding hydrogens is 184 g/mol. The third-order valence-electron chi connectivity index (χ3n) is 2.89. The summed E-state index contributed by atoms with van der Waals surface area (Å²) in [6, 6.07) is 0. The van der Waals surface area contributed by atoms with Gasteiger partial charge in [0.1, 0.15) is 0 Å². The van der Waals surface area contributed by atoms with Gasteiger partial charge in [0.2, 0.25) is 0 Å². The Labute approximate surface area is 96.0 Å². The van der Waals surface area contributed by atoms with Crippen molar-refractivity contribution in [2.75, 3.05) is 13.1 Å². The predicted octanol–water partition coefficient (Wildman–Crippen LogP) is 2.78. The monoisotopic (exact) mass is 214 g/mol. The van der Waals surface area contributed by atoms with E-state index in [1.165, 1.54) is 19.3 Å². The Balaban J connectivity index is 3.62. The maximum absolute atomic E-state index is 5.63. The molecule has 0 bridgehead atoms. The Morgan fingerprint density at radius 2 is 1.73 bits per heavy atom. The first-order valence-corrected chi connectivity index (χ1v) is 6.32. The number of hydrogen-bond donors (Lipinski definition) is 2. The Bertz CT molecular complexity index is 147. The van der Waals surface area contributed by atoms with Crippen LogP contribution in [0.3, 0.4) is 0 Å². The van der Waals surface area contributed by atoms with E-state index < -0.39 is 0 Å². The molecule has 0 aromatic rings. The molecular formula is C13H30N2. The molecule has 2 nitrogen and oxygen atoms in total. The highest BCUT2D eigenvalue weighted by atomic mass is 14.9. The highest BCUT2D eigenvalue weighted by molar-refractivity contribution is 4.71. The average molecular weight is 214 g/mol. The summed E-state index contributed by atoms with van der Waals surface area (Å²) in [5.74, 6) is 1.57. The van der Waals surface area contributed by atoms with Gasteiger partial charge in [0, 0.05) is 5.54 Å². The van der Waals surface area contributed by atoms with Crippen LogP contribution in [-0.2, 0) is 0 Å². The van der Waals surface area contributed by atoms with Crippen LogP contribution in [0.5, 0.6) is 0 Å². The van der Waals surface area contributed by atoms with Gasteiger partial charge in [-0.15, -0.1) is 0 Å². The number of nitrogens with one attached hydrogen (secondary N) is 1. The molecule has 0 aliphatic heterocycles. The second-order valence-corrected chi connectivity index (χ2v) is 5.90. The minimum Gasteiger partial charge on any atom is -0.330 e. The first-order valence-electron chi connectivity index (χ1n) is 6.32. The normalized spacial score (nSPS) is 14.6. The lowest BCUT2D eigenvalue weighted by Crippen LogP contribution is -2.36. The van der Waals surface area contributed by atoms with Crippen LogP contribution in [0.4, 0.5) is 0 Å². The standard InChI is InChI=1S/C13H30N2/c1-11(2)12(8-9-14)7-6-10-15-13(3,4)5/h11-12,15H,6-10,14H2,1-5H3. The third kappa shape index (κ3) is 8.88. The molecule has 0 saturated carbocycles. The maximum Gasteiger partial charge on any atom is 0.00965 e. The molecule has 0 fully saturated rings. The molecule has 0 rings (SSSR count). The van der Waals surface area contributed by atoms with E-state index in [0.29, 0.717) is 0 Å². The minimum absolute atomic E-state index is 0.251. The van der Waals surface area contributed by atoms with Crippen LogP contribution in [0.2, 0.25) is 0 Å². The van der Waals surface area contributed by atoms with Crippen molar-refractivity contribution in [2.24, 2.45) is 17.6 Å². The first-order chi connectivity index (χ1) is 6.87. The molecule has 0 radical (unpaired) electrons. The molecule has 1 unspecified atom stereocenters. The summed E-state index contributed by atoms with van der Waals surface area (Å²) in [6.45, 7) is 13.2. The molecule has 2 heteroatoms. The molecule has 0 heterocycles. The highest BCUT2D eigenvalue weighted by Crippen LogP contribution is 2.20. The van der Waals surface area contributed by atoms with Crippen molar-refractivity contribution in [3.63, 3.8) is 0 Å². The molecule has 3 N–H and O–H groups in total. The van der Waals surface area contributed by atoms with Gasteiger partial charge in [0.25, 0.3) is 0 Å². The van der Waals surface area contributed by atoms with E-state index in [1.54, 1.807) is 0 Å². The summed E-state index contributed by atoms with van der Waals surface area (Å²) >= 11 is 0. The molecule has 0 aromatic heterocycles. The Morgan fingerprint density at radius 3 is 2.13 bits per heavy atom. The minimum atomic E-state index is 0.251. The fourth-order valence-electron chi connectivity index (χ4n) is 1.85. The Kier molecular flexibility index (Phi) is 7.20.